The molecule has 2 aromatic rings. The van der Waals surface area contributed by atoms with Crippen molar-refractivity contribution >= 4 is 33.4 Å². The Kier molecular flexibility index (Phi) is 4.32. The van der Waals surface area contributed by atoms with Crippen LogP contribution in [0.25, 0.3) is 0 Å². The van der Waals surface area contributed by atoms with E-state index in [0.717, 1.165) is 16.5 Å². The Bertz CT molecular complexity index is 656. The first-order valence-electron chi connectivity index (χ1n) is 6.92. The average molecular weight is 365 g/mol. The van der Waals surface area contributed by atoms with Crippen molar-refractivity contribution in [2.24, 2.45) is 0 Å². The van der Waals surface area contributed by atoms with Crippen LogP contribution in [0, 0.1) is 0 Å². The minimum absolute atomic E-state index is 0.0349. The number of rotatable bonds is 4. The molecule has 0 aliphatic heterocycles. The first-order valence-corrected chi connectivity index (χ1v) is 8.09. The van der Waals surface area contributed by atoms with E-state index in [1.807, 2.05) is 36.4 Å². The van der Waals surface area contributed by atoms with Crippen molar-refractivity contribution in [2.45, 2.75) is 24.8 Å². The Hall–Kier alpha value is -1.32. The molecule has 0 bridgehead atoms. The molecule has 1 fully saturated rings. The molecular formula is C17H15BrClNO. The molecule has 2 nitrogen and oxygen atoms in total. The third kappa shape index (κ3) is 3.66. The van der Waals surface area contributed by atoms with Gasteiger partial charge in [0.2, 0.25) is 5.91 Å². The molecule has 2 aromatic carbocycles. The number of hydrogen-bond donors (Lipinski definition) is 1. The van der Waals surface area contributed by atoms with Crippen molar-refractivity contribution < 1.29 is 4.79 Å². The second-order valence-electron chi connectivity index (χ2n) is 5.34. The van der Waals surface area contributed by atoms with Crippen LogP contribution in [-0.4, -0.2) is 11.9 Å². The van der Waals surface area contributed by atoms with E-state index < -0.39 is 0 Å². The first-order chi connectivity index (χ1) is 10.1. The molecule has 0 aromatic heterocycles. The lowest BCUT2D eigenvalue weighted by atomic mass is 10.1. The quantitative estimate of drug-likeness (QED) is 0.860. The zero-order valence-electron chi connectivity index (χ0n) is 11.4. The van der Waals surface area contributed by atoms with Crippen LogP contribution in [0.4, 0.5) is 0 Å². The van der Waals surface area contributed by atoms with E-state index in [-0.39, 0.29) is 11.9 Å². The van der Waals surface area contributed by atoms with Crippen molar-refractivity contribution in [3.63, 3.8) is 0 Å². The summed E-state index contributed by atoms with van der Waals surface area (Å²) in [5.41, 5.74) is 2.15. The van der Waals surface area contributed by atoms with Gasteiger partial charge in [0.1, 0.15) is 0 Å². The summed E-state index contributed by atoms with van der Waals surface area (Å²) < 4.78 is 1.08. The maximum Gasteiger partial charge on any atom is 0.224 e. The predicted octanol–water partition coefficient (Wildman–Crippen LogP) is 4.32. The molecule has 1 amide bonds. The molecule has 0 spiro atoms. The van der Waals surface area contributed by atoms with E-state index in [1.54, 1.807) is 0 Å². The SMILES string of the molecule is O=C(Cc1ccccc1Cl)N[C@@H]1C[C@H]1c1ccc(Br)cc1. The number of carbonyl (C=O) groups is 1. The summed E-state index contributed by atoms with van der Waals surface area (Å²) >= 11 is 9.51. The van der Waals surface area contributed by atoms with Crippen LogP contribution in [0.15, 0.2) is 53.0 Å². The Labute approximate surface area is 137 Å². The first kappa shape index (κ1) is 14.6. The van der Waals surface area contributed by atoms with Crippen LogP contribution in [0.1, 0.15) is 23.5 Å². The molecule has 3 rings (SSSR count). The van der Waals surface area contributed by atoms with Gasteiger partial charge in [0.15, 0.2) is 0 Å². The van der Waals surface area contributed by atoms with Gasteiger partial charge in [-0.05, 0) is 35.7 Å². The normalized spacial score (nSPS) is 20.1. The van der Waals surface area contributed by atoms with Crippen LogP contribution >= 0.6 is 27.5 Å². The monoisotopic (exact) mass is 363 g/mol. The van der Waals surface area contributed by atoms with Gasteiger partial charge in [-0.2, -0.15) is 0 Å². The smallest absolute Gasteiger partial charge is 0.224 e. The van der Waals surface area contributed by atoms with Crippen LogP contribution in [0.3, 0.4) is 0 Å². The van der Waals surface area contributed by atoms with Crippen molar-refractivity contribution in [1.29, 1.82) is 0 Å². The van der Waals surface area contributed by atoms with E-state index in [2.05, 4.69) is 33.4 Å². The number of carbonyl (C=O) groups excluding carboxylic acids is 1. The minimum atomic E-state index is 0.0349. The van der Waals surface area contributed by atoms with Gasteiger partial charge in [-0.25, -0.2) is 0 Å². The zero-order valence-corrected chi connectivity index (χ0v) is 13.7. The summed E-state index contributed by atoms with van der Waals surface area (Å²) in [7, 11) is 0. The van der Waals surface area contributed by atoms with E-state index in [4.69, 9.17) is 11.6 Å². The summed E-state index contributed by atoms with van der Waals surface area (Å²) in [5, 5.41) is 3.73. The lowest BCUT2D eigenvalue weighted by molar-refractivity contribution is -0.120. The molecule has 1 N–H and O–H groups in total. The van der Waals surface area contributed by atoms with Gasteiger partial charge < -0.3 is 5.32 Å². The van der Waals surface area contributed by atoms with E-state index in [9.17, 15) is 4.79 Å². The van der Waals surface area contributed by atoms with Crippen LogP contribution < -0.4 is 5.32 Å². The highest BCUT2D eigenvalue weighted by Gasteiger charge is 2.39. The largest absolute Gasteiger partial charge is 0.352 e. The summed E-state index contributed by atoms with van der Waals surface area (Å²) in [6.45, 7) is 0. The van der Waals surface area contributed by atoms with E-state index >= 15 is 0 Å². The second kappa shape index (κ2) is 6.20. The maximum atomic E-state index is 12.1. The molecule has 108 valence electrons. The molecule has 4 heteroatoms. The highest BCUT2D eigenvalue weighted by Crippen LogP contribution is 2.41. The fourth-order valence-corrected chi connectivity index (χ4v) is 2.97. The maximum absolute atomic E-state index is 12.1. The van der Waals surface area contributed by atoms with Crippen molar-refractivity contribution in [3.05, 3.63) is 69.2 Å². The molecule has 0 saturated heterocycles. The van der Waals surface area contributed by atoms with E-state index in [0.29, 0.717) is 17.4 Å². The lowest BCUT2D eigenvalue weighted by Gasteiger charge is -2.06. The molecular weight excluding hydrogens is 350 g/mol. The molecule has 2 atom stereocenters. The fourth-order valence-electron chi connectivity index (χ4n) is 2.51. The van der Waals surface area contributed by atoms with Gasteiger partial charge in [0, 0.05) is 21.5 Å². The van der Waals surface area contributed by atoms with Crippen LogP contribution in [-0.2, 0) is 11.2 Å². The number of amides is 1. The average Bonchev–Trinajstić information content (AvgIpc) is 3.21. The number of halogens is 2. The molecule has 1 saturated carbocycles. The van der Waals surface area contributed by atoms with Gasteiger partial charge in [0.05, 0.1) is 6.42 Å². The van der Waals surface area contributed by atoms with Crippen LogP contribution in [0.2, 0.25) is 5.02 Å². The Morgan fingerprint density at radius 3 is 2.62 bits per heavy atom. The van der Waals surface area contributed by atoms with Gasteiger partial charge in [0.25, 0.3) is 0 Å². The third-order valence-electron chi connectivity index (χ3n) is 3.74. The Morgan fingerprint density at radius 1 is 1.19 bits per heavy atom. The number of nitrogens with one attached hydrogen (secondary N) is 1. The number of benzene rings is 2. The van der Waals surface area contributed by atoms with Gasteiger partial charge in [-0.1, -0.05) is 57.9 Å². The van der Waals surface area contributed by atoms with Crippen molar-refractivity contribution in [3.8, 4) is 0 Å². The molecule has 1 aliphatic rings. The standard InChI is InChI=1S/C17H15BrClNO/c18-13-7-5-11(6-8-13)14-10-16(14)20-17(21)9-12-3-1-2-4-15(12)19/h1-8,14,16H,9-10H2,(H,20,21)/t14-,16+/m0/s1. The highest BCUT2D eigenvalue weighted by atomic mass is 79.9. The zero-order chi connectivity index (χ0) is 14.8. The van der Waals surface area contributed by atoms with Gasteiger partial charge in [-0.3, -0.25) is 4.79 Å². The van der Waals surface area contributed by atoms with Gasteiger partial charge in [-0.15, -0.1) is 0 Å². The van der Waals surface area contributed by atoms with E-state index in [1.165, 1.54) is 5.56 Å². The summed E-state index contributed by atoms with van der Waals surface area (Å²) in [5.74, 6) is 0.473. The topological polar surface area (TPSA) is 29.1 Å². The van der Waals surface area contributed by atoms with Crippen molar-refractivity contribution in [1.82, 2.24) is 5.32 Å². The number of hydrogen-bond acceptors (Lipinski definition) is 1. The predicted molar refractivity (Wildman–Crippen MR) is 88.6 cm³/mol. The van der Waals surface area contributed by atoms with Gasteiger partial charge >= 0.3 is 0 Å². The second-order valence-corrected chi connectivity index (χ2v) is 6.66. The minimum Gasteiger partial charge on any atom is -0.352 e. The molecule has 21 heavy (non-hydrogen) atoms. The summed E-state index contributed by atoms with van der Waals surface area (Å²) in [6.07, 6.45) is 1.35. The van der Waals surface area contributed by atoms with Crippen molar-refractivity contribution in [2.75, 3.05) is 0 Å². The summed E-state index contributed by atoms with van der Waals surface area (Å²) in [6, 6.07) is 16.0. The third-order valence-corrected chi connectivity index (χ3v) is 4.64. The molecule has 1 aliphatic carbocycles. The highest BCUT2D eigenvalue weighted by molar-refractivity contribution is 9.10. The summed E-state index contributed by atoms with van der Waals surface area (Å²) in [4.78, 5) is 12.1. The Balaban J connectivity index is 1.55. The molecule has 0 heterocycles. The Morgan fingerprint density at radius 2 is 1.90 bits per heavy atom. The molecule has 0 unspecified atom stereocenters. The molecule has 0 radical (unpaired) electrons. The van der Waals surface area contributed by atoms with Crippen LogP contribution in [0.5, 0.6) is 0 Å². The lowest BCUT2D eigenvalue weighted by Crippen LogP contribution is -2.28. The fraction of sp³-hybridized carbons (Fsp3) is 0.235.